The van der Waals surface area contributed by atoms with E-state index in [1.807, 2.05) is 0 Å². The zero-order valence-electron chi connectivity index (χ0n) is 13.2. The van der Waals surface area contributed by atoms with Crippen molar-refractivity contribution in [3.05, 3.63) is 17.0 Å². The highest BCUT2D eigenvalue weighted by Crippen LogP contribution is 2.34. The van der Waals surface area contributed by atoms with Gasteiger partial charge < -0.3 is 10.4 Å². The van der Waals surface area contributed by atoms with Crippen molar-refractivity contribution in [1.82, 2.24) is 5.32 Å². The van der Waals surface area contributed by atoms with Gasteiger partial charge in [0.25, 0.3) is 5.91 Å². The molecule has 1 saturated carbocycles. The number of amides is 1. The average molecular weight is 359 g/mol. The monoisotopic (exact) mass is 359 g/mol. The normalized spacial score (nSPS) is 25.0. The summed E-state index contributed by atoms with van der Waals surface area (Å²) in [6.45, 7) is 2.08. The van der Waals surface area contributed by atoms with E-state index in [9.17, 15) is 23.1 Å². The van der Waals surface area contributed by atoms with Gasteiger partial charge in [0.1, 0.15) is 9.75 Å². The lowest BCUT2D eigenvalue weighted by molar-refractivity contribution is -0.146. The maximum Gasteiger partial charge on any atom is 0.329 e. The van der Waals surface area contributed by atoms with Crippen LogP contribution >= 0.6 is 11.3 Å². The predicted octanol–water partition coefficient (Wildman–Crippen LogP) is 2.31. The highest BCUT2D eigenvalue weighted by molar-refractivity contribution is 7.92. The van der Waals surface area contributed by atoms with Crippen LogP contribution in [0.2, 0.25) is 0 Å². The van der Waals surface area contributed by atoms with Crippen molar-refractivity contribution < 1.29 is 23.1 Å². The van der Waals surface area contributed by atoms with Crippen LogP contribution < -0.4 is 5.32 Å². The number of rotatable bonds is 5. The number of sulfone groups is 1. The molecule has 0 spiro atoms. The second kappa shape index (κ2) is 6.60. The van der Waals surface area contributed by atoms with Gasteiger partial charge in [-0.3, -0.25) is 4.79 Å². The van der Waals surface area contributed by atoms with Crippen LogP contribution in [0.3, 0.4) is 0 Å². The summed E-state index contributed by atoms with van der Waals surface area (Å²) in [5, 5.41) is 13.6. The second-order valence-corrected chi connectivity index (χ2v) is 9.27. The van der Waals surface area contributed by atoms with E-state index in [-0.39, 0.29) is 9.77 Å². The van der Waals surface area contributed by atoms with Gasteiger partial charge in [0.05, 0.1) is 5.56 Å². The lowest BCUT2D eigenvalue weighted by Gasteiger charge is -2.37. The molecule has 0 bridgehead atoms. The van der Waals surface area contributed by atoms with E-state index in [2.05, 4.69) is 12.2 Å². The largest absolute Gasteiger partial charge is 0.480 e. The molecule has 0 unspecified atom stereocenters. The highest BCUT2D eigenvalue weighted by Gasteiger charge is 2.43. The Labute approximate surface area is 139 Å². The van der Waals surface area contributed by atoms with E-state index < -0.39 is 27.3 Å². The molecule has 1 amide bonds. The van der Waals surface area contributed by atoms with Gasteiger partial charge in [-0.05, 0) is 37.7 Å². The van der Waals surface area contributed by atoms with E-state index in [0.29, 0.717) is 18.8 Å². The molecule has 0 atom stereocenters. The van der Waals surface area contributed by atoms with Crippen LogP contribution in [0, 0.1) is 5.92 Å². The molecule has 0 aliphatic heterocycles. The van der Waals surface area contributed by atoms with E-state index in [4.69, 9.17) is 0 Å². The molecule has 0 radical (unpaired) electrons. The second-order valence-electron chi connectivity index (χ2n) is 6.12. The minimum atomic E-state index is -3.37. The summed E-state index contributed by atoms with van der Waals surface area (Å²) in [5.41, 5.74) is -1.07. The molecule has 1 aromatic rings. The first-order valence-electron chi connectivity index (χ1n) is 7.52. The average Bonchev–Trinajstić information content (AvgIpc) is 2.98. The summed E-state index contributed by atoms with van der Waals surface area (Å²) in [6, 6.07) is 1.29. The predicted molar refractivity (Wildman–Crippen MR) is 87.5 cm³/mol. The third-order valence-corrected chi connectivity index (χ3v) is 7.27. The minimum Gasteiger partial charge on any atom is -0.480 e. The Morgan fingerprint density at radius 2 is 2.00 bits per heavy atom. The molecular weight excluding hydrogens is 338 g/mol. The number of carbonyl (C=O) groups is 2. The van der Waals surface area contributed by atoms with Crippen molar-refractivity contribution in [2.75, 3.05) is 6.26 Å². The number of aliphatic carboxylic acids is 1. The van der Waals surface area contributed by atoms with Crippen molar-refractivity contribution >= 4 is 33.1 Å². The molecule has 128 valence electrons. The number of carboxylic acid groups (broad SMARTS) is 1. The summed E-state index contributed by atoms with van der Waals surface area (Å²) in [7, 11) is -3.37. The first kappa shape index (κ1) is 17.9. The van der Waals surface area contributed by atoms with Crippen LogP contribution in [-0.2, 0) is 14.6 Å². The van der Waals surface area contributed by atoms with Gasteiger partial charge >= 0.3 is 5.97 Å². The van der Waals surface area contributed by atoms with Crippen LogP contribution in [0.25, 0.3) is 0 Å². The fourth-order valence-electron chi connectivity index (χ4n) is 2.89. The van der Waals surface area contributed by atoms with E-state index in [1.54, 1.807) is 0 Å². The Hall–Kier alpha value is -1.41. The summed E-state index contributed by atoms with van der Waals surface area (Å²) < 4.78 is 23.1. The van der Waals surface area contributed by atoms with Crippen molar-refractivity contribution in [1.29, 1.82) is 0 Å². The molecule has 0 aromatic carbocycles. The van der Waals surface area contributed by atoms with Gasteiger partial charge in [0, 0.05) is 11.6 Å². The zero-order chi connectivity index (χ0) is 17.3. The number of carbonyl (C=O) groups excluding carboxylic acids is 1. The lowest BCUT2D eigenvalue weighted by Crippen LogP contribution is -2.56. The van der Waals surface area contributed by atoms with Crippen LogP contribution in [0.4, 0.5) is 0 Å². The molecule has 23 heavy (non-hydrogen) atoms. The van der Waals surface area contributed by atoms with E-state index >= 15 is 0 Å². The molecule has 1 aromatic heterocycles. The summed E-state index contributed by atoms with van der Waals surface area (Å²) in [6.07, 6.45) is 4.41. The molecule has 1 heterocycles. The maximum absolute atomic E-state index is 12.4. The molecule has 1 fully saturated rings. The van der Waals surface area contributed by atoms with Crippen LogP contribution in [0.1, 0.15) is 49.4 Å². The third-order valence-electron chi connectivity index (χ3n) is 4.50. The Balaban J connectivity index is 2.16. The SMILES string of the molecule is CCC1CCC(NC(=O)c2csc(S(C)(=O)=O)c2)(C(=O)O)CC1. The summed E-state index contributed by atoms with van der Waals surface area (Å²) >= 11 is 0.962. The Morgan fingerprint density at radius 3 is 2.43 bits per heavy atom. The van der Waals surface area contributed by atoms with Crippen LogP contribution in [0.15, 0.2) is 15.7 Å². The highest BCUT2D eigenvalue weighted by atomic mass is 32.2. The van der Waals surface area contributed by atoms with Crippen molar-refractivity contribution in [3.63, 3.8) is 0 Å². The Kier molecular flexibility index (Phi) is 5.15. The van der Waals surface area contributed by atoms with E-state index in [1.165, 1.54) is 11.4 Å². The summed E-state index contributed by atoms with van der Waals surface area (Å²) in [4.78, 5) is 24.0. The topological polar surface area (TPSA) is 101 Å². The van der Waals surface area contributed by atoms with Crippen LogP contribution in [-0.4, -0.2) is 37.2 Å². The molecule has 1 aliphatic rings. The fraction of sp³-hybridized carbons (Fsp3) is 0.600. The quantitative estimate of drug-likeness (QED) is 0.840. The molecular formula is C15H21NO5S2. The molecule has 8 heteroatoms. The molecule has 2 N–H and O–H groups in total. The van der Waals surface area contributed by atoms with Gasteiger partial charge in [-0.25, -0.2) is 13.2 Å². The third kappa shape index (κ3) is 3.92. The maximum atomic E-state index is 12.4. The minimum absolute atomic E-state index is 0.0988. The fourth-order valence-corrected chi connectivity index (χ4v) is 4.69. The zero-order valence-corrected chi connectivity index (χ0v) is 14.8. The smallest absolute Gasteiger partial charge is 0.329 e. The lowest BCUT2D eigenvalue weighted by atomic mass is 9.75. The Morgan fingerprint density at radius 1 is 1.39 bits per heavy atom. The molecule has 1 aliphatic carbocycles. The number of hydrogen-bond acceptors (Lipinski definition) is 5. The first-order chi connectivity index (χ1) is 10.7. The number of thiophene rings is 1. The number of nitrogens with one attached hydrogen (secondary N) is 1. The summed E-state index contributed by atoms with van der Waals surface area (Å²) in [5.74, 6) is -1.06. The van der Waals surface area contributed by atoms with Crippen molar-refractivity contribution in [2.24, 2.45) is 5.92 Å². The molecule has 6 nitrogen and oxygen atoms in total. The number of hydrogen-bond donors (Lipinski definition) is 2. The van der Waals surface area contributed by atoms with Crippen molar-refractivity contribution in [3.8, 4) is 0 Å². The van der Waals surface area contributed by atoms with E-state index in [0.717, 1.165) is 36.9 Å². The van der Waals surface area contributed by atoms with Crippen LogP contribution in [0.5, 0.6) is 0 Å². The van der Waals surface area contributed by atoms with Crippen molar-refractivity contribution in [2.45, 2.75) is 48.8 Å². The Bertz CT molecular complexity index is 699. The molecule has 0 saturated heterocycles. The van der Waals surface area contributed by atoms with Gasteiger partial charge in [0.2, 0.25) is 0 Å². The van der Waals surface area contributed by atoms with Gasteiger partial charge in [0.15, 0.2) is 9.84 Å². The number of carboxylic acids is 1. The molecule has 2 rings (SSSR count). The van der Waals surface area contributed by atoms with Gasteiger partial charge in [-0.2, -0.15) is 0 Å². The first-order valence-corrected chi connectivity index (χ1v) is 10.3. The van der Waals surface area contributed by atoms with Gasteiger partial charge in [-0.15, -0.1) is 11.3 Å². The standard InChI is InChI=1S/C15H21NO5S2/c1-3-10-4-6-15(7-5-10,14(18)19)16-13(17)11-8-12(22-9-11)23(2,20)21/h8-10H,3-7H2,1-2H3,(H,16,17)(H,18,19). The van der Waals surface area contributed by atoms with Gasteiger partial charge in [-0.1, -0.05) is 13.3 Å².